The maximum atomic E-state index is 5.63. The predicted octanol–water partition coefficient (Wildman–Crippen LogP) is 2.19. The fraction of sp³-hybridized carbons (Fsp3) is 1.00. The van der Waals surface area contributed by atoms with Gasteiger partial charge in [0, 0.05) is 12.6 Å². The molecule has 0 saturated carbocycles. The Morgan fingerprint density at radius 1 is 1.17 bits per heavy atom. The number of hydrogen-bond acceptors (Lipinski definition) is 2. The molecule has 2 heteroatoms. The van der Waals surface area contributed by atoms with Crippen molar-refractivity contribution in [3.05, 3.63) is 0 Å². The minimum atomic E-state index is 0.457. The van der Waals surface area contributed by atoms with Crippen LogP contribution in [0.25, 0.3) is 0 Å². The third-order valence-corrected chi connectivity index (χ3v) is 1.92. The Hall–Kier alpha value is -0.0800. The zero-order valence-corrected chi connectivity index (χ0v) is 8.89. The van der Waals surface area contributed by atoms with Crippen LogP contribution in [0.4, 0.5) is 0 Å². The molecule has 0 unspecified atom stereocenters. The summed E-state index contributed by atoms with van der Waals surface area (Å²) in [6.45, 7) is 10.4. The first-order valence-corrected chi connectivity index (χ1v) is 5.05. The Morgan fingerprint density at radius 3 is 2.17 bits per heavy atom. The van der Waals surface area contributed by atoms with Crippen LogP contribution in [0, 0.1) is 0 Å². The second-order valence-corrected chi connectivity index (χ2v) is 3.42. The van der Waals surface area contributed by atoms with E-state index in [9.17, 15) is 0 Å². The van der Waals surface area contributed by atoms with Crippen molar-refractivity contribution in [1.82, 2.24) is 5.32 Å². The Kier molecular flexibility index (Phi) is 7.51. The van der Waals surface area contributed by atoms with Crippen LogP contribution < -0.4 is 5.32 Å². The molecule has 0 spiro atoms. The van der Waals surface area contributed by atoms with E-state index in [-0.39, 0.29) is 0 Å². The molecular weight excluding hydrogens is 150 g/mol. The van der Waals surface area contributed by atoms with E-state index in [1.807, 2.05) is 0 Å². The van der Waals surface area contributed by atoms with Gasteiger partial charge in [-0.2, -0.15) is 0 Å². The van der Waals surface area contributed by atoms with Gasteiger partial charge in [-0.1, -0.05) is 27.7 Å². The summed E-state index contributed by atoms with van der Waals surface area (Å²) in [5.41, 5.74) is 0. The van der Waals surface area contributed by atoms with Crippen LogP contribution >= 0.6 is 0 Å². The average Bonchev–Trinajstić information content (AvgIpc) is 2.04. The molecule has 12 heavy (non-hydrogen) atoms. The maximum Gasteiger partial charge on any atom is 0.0594 e. The molecule has 0 aliphatic heterocycles. The average molecular weight is 173 g/mol. The third kappa shape index (κ3) is 6.62. The topological polar surface area (TPSA) is 21.3 Å². The van der Waals surface area contributed by atoms with Gasteiger partial charge in [0.25, 0.3) is 0 Å². The van der Waals surface area contributed by atoms with Crippen LogP contribution in [-0.4, -0.2) is 25.3 Å². The highest BCUT2D eigenvalue weighted by atomic mass is 16.5. The number of rotatable bonds is 7. The molecule has 0 aromatic carbocycles. The van der Waals surface area contributed by atoms with Gasteiger partial charge in [-0.15, -0.1) is 0 Å². The van der Waals surface area contributed by atoms with Crippen LogP contribution in [0.1, 0.15) is 40.5 Å². The lowest BCUT2D eigenvalue weighted by Crippen LogP contribution is -2.28. The first-order valence-electron chi connectivity index (χ1n) is 5.05. The molecule has 0 aromatic heterocycles. The van der Waals surface area contributed by atoms with E-state index < -0.39 is 0 Å². The van der Waals surface area contributed by atoms with E-state index in [0.29, 0.717) is 12.1 Å². The molecule has 1 N–H and O–H groups in total. The quantitative estimate of drug-likeness (QED) is 0.596. The molecule has 0 atom stereocenters. The summed E-state index contributed by atoms with van der Waals surface area (Å²) in [7, 11) is 0. The lowest BCUT2D eigenvalue weighted by molar-refractivity contribution is 0.0495. The Labute approximate surface area is 76.7 Å². The summed E-state index contributed by atoms with van der Waals surface area (Å²) in [6.07, 6.45) is 2.70. The van der Waals surface area contributed by atoms with Crippen LogP contribution in [0.15, 0.2) is 0 Å². The van der Waals surface area contributed by atoms with Crippen molar-refractivity contribution >= 4 is 0 Å². The normalized spacial score (nSPS) is 11.5. The second kappa shape index (κ2) is 7.56. The van der Waals surface area contributed by atoms with Gasteiger partial charge in [-0.25, -0.2) is 0 Å². The molecule has 0 aliphatic rings. The van der Waals surface area contributed by atoms with Gasteiger partial charge in [-0.3, -0.25) is 0 Å². The highest BCUT2D eigenvalue weighted by molar-refractivity contribution is 4.54. The fourth-order valence-electron chi connectivity index (χ4n) is 1.10. The predicted molar refractivity (Wildman–Crippen MR) is 53.5 cm³/mol. The van der Waals surface area contributed by atoms with Crippen molar-refractivity contribution in [2.45, 2.75) is 52.7 Å². The van der Waals surface area contributed by atoms with Gasteiger partial charge >= 0.3 is 0 Å². The zero-order chi connectivity index (χ0) is 9.40. The molecule has 0 aromatic rings. The van der Waals surface area contributed by atoms with E-state index in [1.54, 1.807) is 0 Å². The largest absolute Gasteiger partial charge is 0.377 e. The van der Waals surface area contributed by atoms with Crippen molar-refractivity contribution < 1.29 is 4.74 Å². The van der Waals surface area contributed by atoms with E-state index in [1.165, 1.54) is 0 Å². The third-order valence-electron chi connectivity index (χ3n) is 1.92. The molecule has 0 bridgehead atoms. The minimum Gasteiger partial charge on any atom is -0.377 e. The van der Waals surface area contributed by atoms with Crippen LogP contribution in [0.3, 0.4) is 0 Å². The van der Waals surface area contributed by atoms with E-state index in [4.69, 9.17) is 4.74 Å². The Balaban J connectivity index is 3.17. The van der Waals surface area contributed by atoms with E-state index in [0.717, 1.165) is 26.0 Å². The molecule has 0 aliphatic carbocycles. The number of hydrogen-bond donors (Lipinski definition) is 1. The monoisotopic (exact) mass is 173 g/mol. The van der Waals surface area contributed by atoms with Crippen molar-refractivity contribution in [3.8, 4) is 0 Å². The minimum absolute atomic E-state index is 0.457. The Bertz CT molecular complexity index is 89.8. The lowest BCUT2D eigenvalue weighted by atomic mass is 10.2. The summed E-state index contributed by atoms with van der Waals surface area (Å²) < 4.78 is 5.63. The van der Waals surface area contributed by atoms with Gasteiger partial charge in [-0.05, 0) is 12.8 Å². The van der Waals surface area contributed by atoms with Gasteiger partial charge in [0.05, 0.1) is 12.7 Å². The molecule has 0 radical (unpaired) electrons. The summed E-state index contributed by atoms with van der Waals surface area (Å²) in [5, 5.41) is 3.32. The number of ether oxygens (including phenoxy) is 1. The van der Waals surface area contributed by atoms with Gasteiger partial charge in [0.1, 0.15) is 0 Å². The smallest absolute Gasteiger partial charge is 0.0594 e. The molecule has 0 amide bonds. The molecular formula is C10H23NO. The first-order chi connectivity index (χ1) is 5.70. The van der Waals surface area contributed by atoms with Crippen LogP contribution in [0.2, 0.25) is 0 Å². The van der Waals surface area contributed by atoms with Crippen molar-refractivity contribution in [3.63, 3.8) is 0 Å². The van der Waals surface area contributed by atoms with Crippen molar-refractivity contribution in [2.75, 3.05) is 13.2 Å². The summed E-state index contributed by atoms with van der Waals surface area (Å²) in [5.74, 6) is 0. The van der Waals surface area contributed by atoms with Crippen molar-refractivity contribution in [2.24, 2.45) is 0 Å². The van der Waals surface area contributed by atoms with E-state index >= 15 is 0 Å². The fourth-order valence-corrected chi connectivity index (χ4v) is 1.10. The molecule has 74 valence electrons. The second-order valence-electron chi connectivity index (χ2n) is 3.42. The molecule has 0 fully saturated rings. The number of nitrogens with one attached hydrogen (secondary N) is 1. The van der Waals surface area contributed by atoms with Crippen molar-refractivity contribution in [1.29, 1.82) is 0 Å². The Morgan fingerprint density at radius 2 is 1.75 bits per heavy atom. The van der Waals surface area contributed by atoms with Gasteiger partial charge in [0.2, 0.25) is 0 Å². The summed E-state index contributed by atoms with van der Waals surface area (Å²) in [6, 6.07) is 0.565. The summed E-state index contributed by atoms with van der Waals surface area (Å²) >= 11 is 0. The molecule has 0 rings (SSSR count). The molecule has 2 nitrogen and oxygen atoms in total. The van der Waals surface area contributed by atoms with Crippen LogP contribution in [-0.2, 0) is 4.74 Å². The summed E-state index contributed by atoms with van der Waals surface area (Å²) in [4.78, 5) is 0. The van der Waals surface area contributed by atoms with Gasteiger partial charge in [0.15, 0.2) is 0 Å². The van der Waals surface area contributed by atoms with Gasteiger partial charge < -0.3 is 10.1 Å². The standard InChI is InChI=1S/C10H23NO/c1-5-10(6-2)12-8-7-11-9(3)4/h9-11H,5-8H2,1-4H3. The van der Waals surface area contributed by atoms with E-state index in [2.05, 4.69) is 33.0 Å². The SMILES string of the molecule is CCC(CC)OCCNC(C)C. The molecule has 0 saturated heterocycles. The highest BCUT2D eigenvalue weighted by Crippen LogP contribution is 2.01. The maximum absolute atomic E-state index is 5.63. The zero-order valence-electron chi connectivity index (χ0n) is 8.89. The first kappa shape index (κ1) is 11.9. The lowest BCUT2D eigenvalue weighted by Gasteiger charge is -2.14. The highest BCUT2D eigenvalue weighted by Gasteiger charge is 2.01. The molecule has 0 heterocycles. The van der Waals surface area contributed by atoms with Crippen LogP contribution in [0.5, 0.6) is 0 Å².